The third-order valence-corrected chi connectivity index (χ3v) is 3.52. The van der Waals surface area contributed by atoms with Crippen LogP contribution in [0.1, 0.15) is 12.0 Å². The summed E-state index contributed by atoms with van der Waals surface area (Å²) in [5.74, 6) is 0.316. The minimum atomic E-state index is -0.817. The van der Waals surface area contributed by atoms with Crippen LogP contribution in [0.5, 0.6) is 0 Å². The van der Waals surface area contributed by atoms with Crippen LogP contribution < -0.4 is 11.1 Å². The Bertz CT molecular complexity index is 884. The summed E-state index contributed by atoms with van der Waals surface area (Å²) < 4.78 is 0. The standard InChI is InChI=1S/C18H17N5O2/c19-14-9-15(13-3-1-2-12(8-13)4-5-18(24)25)22-16(10-14)23-17-11-20-6-7-21-17/h1-3,6-11H,4-5H2,(H,24,25)(H3,19,21,22,23). The van der Waals surface area contributed by atoms with Crippen molar-refractivity contribution in [2.24, 2.45) is 0 Å². The first-order chi connectivity index (χ1) is 12.1. The minimum Gasteiger partial charge on any atom is -0.481 e. The highest BCUT2D eigenvalue weighted by molar-refractivity contribution is 5.70. The molecule has 0 unspecified atom stereocenters. The number of nitrogens with two attached hydrogens (primary N) is 1. The van der Waals surface area contributed by atoms with Crippen LogP contribution in [0, 0.1) is 0 Å². The Morgan fingerprint density at radius 3 is 2.80 bits per heavy atom. The summed E-state index contributed by atoms with van der Waals surface area (Å²) >= 11 is 0. The largest absolute Gasteiger partial charge is 0.481 e. The van der Waals surface area contributed by atoms with Crippen molar-refractivity contribution in [3.8, 4) is 11.3 Å². The zero-order chi connectivity index (χ0) is 17.6. The third kappa shape index (κ3) is 4.51. The SMILES string of the molecule is Nc1cc(Nc2cnccn2)nc(-c2cccc(CCC(=O)O)c2)c1. The van der Waals surface area contributed by atoms with Crippen molar-refractivity contribution in [2.75, 3.05) is 11.1 Å². The van der Waals surface area contributed by atoms with Gasteiger partial charge in [0.05, 0.1) is 11.9 Å². The average Bonchev–Trinajstić information content (AvgIpc) is 2.60. The van der Waals surface area contributed by atoms with Crippen molar-refractivity contribution >= 4 is 23.3 Å². The molecule has 0 radical (unpaired) electrons. The Morgan fingerprint density at radius 2 is 2.04 bits per heavy atom. The lowest BCUT2D eigenvalue weighted by Gasteiger charge is -2.09. The zero-order valence-electron chi connectivity index (χ0n) is 13.4. The first-order valence-corrected chi connectivity index (χ1v) is 7.72. The Hall–Kier alpha value is -3.48. The molecule has 0 bridgehead atoms. The molecule has 0 saturated heterocycles. The number of nitrogens with one attached hydrogen (secondary N) is 1. The molecular weight excluding hydrogens is 318 g/mol. The number of hydrogen-bond donors (Lipinski definition) is 3. The second kappa shape index (κ2) is 7.39. The molecule has 0 amide bonds. The van der Waals surface area contributed by atoms with Crippen molar-refractivity contribution in [3.63, 3.8) is 0 Å². The maximum atomic E-state index is 10.7. The molecule has 25 heavy (non-hydrogen) atoms. The monoisotopic (exact) mass is 335 g/mol. The van der Waals surface area contributed by atoms with E-state index in [1.165, 1.54) is 0 Å². The van der Waals surface area contributed by atoms with E-state index >= 15 is 0 Å². The van der Waals surface area contributed by atoms with Crippen LogP contribution in [-0.2, 0) is 11.2 Å². The molecule has 3 aromatic rings. The van der Waals surface area contributed by atoms with Gasteiger partial charge < -0.3 is 16.2 Å². The smallest absolute Gasteiger partial charge is 0.303 e. The van der Waals surface area contributed by atoms with Crippen LogP contribution in [0.25, 0.3) is 11.3 Å². The van der Waals surface area contributed by atoms with Gasteiger partial charge in [-0.2, -0.15) is 0 Å². The fourth-order valence-electron chi connectivity index (χ4n) is 2.40. The summed E-state index contributed by atoms with van der Waals surface area (Å²) in [4.78, 5) is 23.5. The Labute approximate surface area is 144 Å². The lowest BCUT2D eigenvalue weighted by atomic mass is 10.0. The van der Waals surface area contributed by atoms with E-state index < -0.39 is 5.97 Å². The Kier molecular flexibility index (Phi) is 4.84. The number of carbonyl (C=O) groups is 1. The van der Waals surface area contributed by atoms with Gasteiger partial charge >= 0.3 is 5.97 Å². The molecule has 2 aromatic heterocycles. The van der Waals surface area contributed by atoms with Crippen LogP contribution in [0.2, 0.25) is 0 Å². The molecule has 4 N–H and O–H groups in total. The van der Waals surface area contributed by atoms with Gasteiger partial charge in [-0.1, -0.05) is 18.2 Å². The number of carboxylic acids is 1. The number of aliphatic carboxylic acids is 1. The van der Waals surface area contributed by atoms with Gasteiger partial charge in [-0.15, -0.1) is 0 Å². The van der Waals surface area contributed by atoms with Crippen LogP contribution in [0.4, 0.5) is 17.3 Å². The molecular formula is C18H17N5O2. The fourth-order valence-corrected chi connectivity index (χ4v) is 2.40. The van der Waals surface area contributed by atoms with Crippen LogP contribution in [0.15, 0.2) is 55.0 Å². The van der Waals surface area contributed by atoms with E-state index in [0.29, 0.717) is 29.4 Å². The highest BCUT2D eigenvalue weighted by atomic mass is 16.4. The summed E-state index contributed by atoms with van der Waals surface area (Å²) in [7, 11) is 0. The van der Waals surface area contributed by atoms with Crippen LogP contribution in [0.3, 0.4) is 0 Å². The minimum absolute atomic E-state index is 0.0906. The second-order valence-electron chi connectivity index (χ2n) is 5.48. The number of nitrogen functional groups attached to an aromatic ring is 1. The van der Waals surface area contributed by atoms with E-state index in [9.17, 15) is 4.79 Å². The molecule has 7 heteroatoms. The van der Waals surface area contributed by atoms with E-state index in [-0.39, 0.29) is 6.42 Å². The molecule has 0 aliphatic rings. The normalized spacial score (nSPS) is 10.4. The summed E-state index contributed by atoms with van der Waals surface area (Å²) in [6.07, 6.45) is 5.33. The van der Waals surface area contributed by atoms with Crippen molar-refractivity contribution in [1.82, 2.24) is 15.0 Å². The van der Waals surface area contributed by atoms with Gasteiger partial charge in [0.2, 0.25) is 0 Å². The van der Waals surface area contributed by atoms with E-state index in [0.717, 1.165) is 11.1 Å². The molecule has 3 rings (SSSR count). The molecule has 0 spiro atoms. The predicted octanol–water partition coefficient (Wildman–Crippen LogP) is 2.88. The Morgan fingerprint density at radius 1 is 1.16 bits per heavy atom. The van der Waals surface area contributed by atoms with Gasteiger partial charge in [-0.05, 0) is 24.1 Å². The number of pyridine rings is 1. The maximum absolute atomic E-state index is 10.7. The molecule has 0 aliphatic carbocycles. The number of hydrogen-bond acceptors (Lipinski definition) is 6. The van der Waals surface area contributed by atoms with E-state index in [2.05, 4.69) is 20.3 Å². The van der Waals surface area contributed by atoms with Gasteiger partial charge in [0.1, 0.15) is 11.6 Å². The molecule has 1 aromatic carbocycles. The lowest BCUT2D eigenvalue weighted by Crippen LogP contribution is -2.00. The number of anilines is 3. The third-order valence-electron chi connectivity index (χ3n) is 3.52. The quantitative estimate of drug-likeness (QED) is 0.634. The molecule has 0 fully saturated rings. The number of nitrogens with zero attached hydrogens (tertiary/aromatic N) is 3. The van der Waals surface area contributed by atoms with Crippen molar-refractivity contribution in [2.45, 2.75) is 12.8 Å². The lowest BCUT2D eigenvalue weighted by molar-refractivity contribution is -0.136. The first-order valence-electron chi connectivity index (χ1n) is 7.72. The topological polar surface area (TPSA) is 114 Å². The van der Waals surface area contributed by atoms with Gasteiger partial charge in [0.15, 0.2) is 0 Å². The molecule has 0 atom stereocenters. The summed E-state index contributed by atoms with van der Waals surface area (Å²) in [6.45, 7) is 0. The molecule has 2 heterocycles. The van der Waals surface area contributed by atoms with E-state index in [1.54, 1.807) is 30.7 Å². The van der Waals surface area contributed by atoms with Crippen LogP contribution >= 0.6 is 0 Å². The Balaban J connectivity index is 1.87. The highest BCUT2D eigenvalue weighted by Gasteiger charge is 2.07. The summed E-state index contributed by atoms with van der Waals surface area (Å²) in [5, 5.41) is 11.9. The molecule has 0 aliphatic heterocycles. The molecule has 7 nitrogen and oxygen atoms in total. The second-order valence-corrected chi connectivity index (χ2v) is 5.48. The van der Waals surface area contributed by atoms with Crippen molar-refractivity contribution in [1.29, 1.82) is 0 Å². The van der Waals surface area contributed by atoms with Gasteiger partial charge in [-0.3, -0.25) is 9.78 Å². The number of carboxylic acid groups (broad SMARTS) is 1. The maximum Gasteiger partial charge on any atom is 0.303 e. The number of aromatic nitrogens is 3. The number of benzene rings is 1. The van der Waals surface area contributed by atoms with Gasteiger partial charge in [-0.25, -0.2) is 9.97 Å². The van der Waals surface area contributed by atoms with Crippen molar-refractivity contribution < 1.29 is 9.90 Å². The average molecular weight is 335 g/mol. The van der Waals surface area contributed by atoms with Crippen LogP contribution in [-0.4, -0.2) is 26.0 Å². The summed E-state index contributed by atoms with van der Waals surface area (Å²) in [5.41, 5.74) is 9.06. The van der Waals surface area contributed by atoms with Gasteiger partial charge in [0.25, 0.3) is 0 Å². The molecule has 126 valence electrons. The predicted molar refractivity (Wildman–Crippen MR) is 95.4 cm³/mol. The summed E-state index contributed by atoms with van der Waals surface area (Å²) in [6, 6.07) is 11.1. The fraction of sp³-hybridized carbons (Fsp3) is 0.111. The zero-order valence-corrected chi connectivity index (χ0v) is 13.4. The number of rotatable bonds is 6. The van der Waals surface area contributed by atoms with Gasteiger partial charge in [0, 0.05) is 36.1 Å². The first kappa shape index (κ1) is 16.4. The van der Waals surface area contributed by atoms with Crippen molar-refractivity contribution in [3.05, 3.63) is 60.6 Å². The molecule has 0 saturated carbocycles. The van der Waals surface area contributed by atoms with E-state index in [1.807, 2.05) is 24.3 Å². The number of aryl methyl sites for hydroxylation is 1. The highest BCUT2D eigenvalue weighted by Crippen LogP contribution is 2.25. The van der Waals surface area contributed by atoms with E-state index in [4.69, 9.17) is 10.8 Å².